The lowest BCUT2D eigenvalue weighted by molar-refractivity contribution is -0.136. The first kappa shape index (κ1) is 18.4. The summed E-state index contributed by atoms with van der Waals surface area (Å²) in [7, 11) is 1.76. The van der Waals surface area contributed by atoms with Crippen molar-refractivity contribution in [3.63, 3.8) is 0 Å². The molecule has 1 N–H and O–H groups in total. The van der Waals surface area contributed by atoms with Gasteiger partial charge in [-0.3, -0.25) is 4.79 Å². The molecule has 2 saturated heterocycles. The van der Waals surface area contributed by atoms with Crippen LogP contribution in [0.5, 0.6) is 0 Å². The summed E-state index contributed by atoms with van der Waals surface area (Å²) in [6.07, 6.45) is 5.23. The number of piperidine rings is 1. The van der Waals surface area contributed by atoms with Gasteiger partial charge in [0, 0.05) is 42.2 Å². The van der Waals surface area contributed by atoms with Crippen LogP contribution in [0.1, 0.15) is 50.5 Å². The quantitative estimate of drug-likeness (QED) is 0.767. The molecule has 2 aliphatic carbocycles. The SMILES string of the molecule is CC1CC2CC(C1)N2C=O.CNc1ccc(Cl)c(C2CCC2(F)F)c1. The Morgan fingerprint density at radius 3 is 2.44 bits per heavy atom. The van der Waals surface area contributed by atoms with E-state index in [0.29, 0.717) is 29.1 Å². The number of anilines is 1. The van der Waals surface area contributed by atoms with E-state index in [1.165, 1.54) is 19.3 Å². The molecule has 5 rings (SSSR count). The number of carbonyl (C=O) groups is 1. The highest BCUT2D eigenvalue weighted by Gasteiger charge is 2.49. The summed E-state index contributed by atoms with van der Waals surface area (Å²) in [4.78, 5) is 12.4. The minimum absolute atomic E-state index is 0.0300. The third-order valence-corrected chi connectivity index (χ3v) is 6.14. The molecule has 4 fully saturated rings. The van der Waals surface area contributed by atoms with E-state index >= 15 is 0 Å². The number of rotatable bonds is 3. The first-order valence-corrected chi connectivity index (χ1v) is 9.31. The summed E-state index contributed by atoms with van der Waals surface area (Å²) in [6, 6.07) is 6.36. The monoisotopic (exact) mass is 370 g/mol. The molecule has 6 heteroatoms. The smallest absolute Gasteiger partial charge is 0.254 e. The second-order valence-corrected chi connectivity index (χ2v) is 7.92. The van der Waals surface area contributed by atoms with Crippen LogP contribution in [-0.2, 0) is 4.79 Å². The van der Waals surface area contributed by atoms with Crippen molar-refractivity contribution in [3.8, 4) is 0 Å². The van der Waals surface area contributed by atoms with Crippen LogP contribution in [0.3, 0.4) is 0 Å². The Labute approximate surface area is 152 Å². The Morgan fingerprint density at radius 1 is 1.28 bits per heavy atom. The van der Waals surface area contributed by atoms with Gasteiger partial charge in [0.05, 0.1) is 0 Å². The van der Waals surface area contributed by atoms with Crippen molar-refractivity contribution in [1.29, 1.82) is 0 Å². The minimum atomic E-state index is -2.59. The Balaban J connectivity index is 0.000000157. The number of amides is 1. The van der Waals surface area contributed by atoms with Gasteiger partial charge in [-0.1, -0.05) is 18.5 Å². The van der Waals surface area contributed by atoms with E-state index in [2.05, 4.69) is 12.2 Å². The normalized spacial score (nSPS) is 31.8. The van der Waals surface area contributed by atoms with Crippen molar-refractivity contribution in [3.05, 3.63) is 28.8 Å². The summed E-state index contributed by atoms with van der Waals surface area (Å²) < 4.78 is 26.4. The molecular weight excluding hydrogens is 346 g/mol. The largest absolute Gasteiger partial charge is 0.388 e. The standard InChI is InChI=1S/C11H12ClF2N.C8H13NO/c1-15-7-2-3-10(12)8(6-7)9-4-5-11(9,13)14;1-6-2-7-4-8(3-6)9(7)5-10/h2-3,6,9,15H,4-5H2,1H3;5-8H,2-4H2,1H3. The lowest BCUT2D eigenvalue weighted by atomic mass is 9.75. The molecule has 1 aromatic carbocycles. The van der Waals surface area contributed by atoms with Crippen molar-refractivity contribution in [1.82, 2.24) is 4.90 Å². The highest BCUT2D eigenvalue weighted by molar-refractivity contribution is 6.31. The van der Waals surface area contributed by atoms with Crippen LogP contribution in [-0.4, -0.2) is 36.4 Å². The zero-order chi connectivity index (χ0) is 18.2. The van der Waals surface area contributed by atoms with Gasteiger partial charge in [0.25, 0.3) is 5.92 Å². The summed E-state index contributed by atoms with van der Waals surface area (Å²) in [5.74, 6) is -2.45. The second-order valence-electron chi connectivity index (χ2n) is 7.51. The first-order chi connectivity index (χ1) is 11.9. The molecule has 0 radical (unpaired) electrons. The number of hydrogen-bond donors (Lipinski definition) is 1. The average Bonchev–Trinajstić information content (AvgIpc) is 2.56. The topological polar surface area (TPSA) is 32.3 Å². The lowest BCUT2D eigenvalue weighted by Gasteiger charge is -2.53. The molecule has 0 spiro atoms. The van der Waals surface area contributed by atoms with Crippen molar-refractivity contribution in [2.45, 2.75) is 63.0 Å². The fraction of sp³-hybridized carbons (Fsp3) is 0.632. The van der Waals surface area contributed by atoms with Crippen LogP contribution in [0.4, 0.5) is 14.5 Å². The van der Waals surface area contributed by atoms with E-state index in [1.54, 1.807) is 25.2 Å². The van der Waals surface area contributed by atoms with Gasteiger partial charge in [-0.25, -0.2) is 8.78 Å². The minimum Gasteiger partial charge on any atom is -0.388 e. The van der Waals surface area contributed by atoms with Crippen LogP contribution in [0, 0.1) is 5.92 Å². The number of fused-ring (bicyclic) bond motifs is 2. The molecule has 3 unspecified atom stereocenters. The van der Waals surface area contributed by atoms with Gasteiger partial charge in [-0.15, -0.1) is 0 Å². The van der Waals surface area contributed by atoms with Crippen molar-refractivity contribution < 1.29 is 13.6 Å². The number of carbonyl (C=O) groups excluding carboxylic acids is 1. The maximum atomic E-state index is 13.2. The van der Waals surface area contributed by atoms with E-state index < -0.39 is 11.8 Å². The van der Waals surface area contributed by atoms with Crippen LogP contribution in [0.2, 0.25) is 5.02 Å². The van der Waals surface area contributed by atoms with E-state index in [0.717, 1.165) is 18.0 Å². The third kappa shape index (κ3) is 3.62. The summed E-state index contributed by atoms with van der Waals surface area (Å²) in [5, 5.41) is 3.35. The number of benzene rings is 1. The lowest BCUT2D eigenvalue weighted by Crippen LogP contribution is -2.59. The Morgan fingerprint density at radius 2 is 1.96 bits per heavy atom. The zero-order valence-electron chi connectivity index (χ0n) is 14.6. The van der Waals surface area contributed by atoms with Crippen molar-refractivity contribution in [2.24, 2.45) is 5.92 Å². The molecule has 2 bridgehead atoms. The maximum absolute atomic E-state index is 13.2. The van der Waals surface area contributed by atoms with Crippen molar-refractivity contribution >= 4 is 23.7 Å². The molecule has 4 aliphatic rings. The van der Waals surface area contributed by atoms with Gasteiger partial charge >= 0.3 is 0 Å². The molecule has 0 aromatic heterocycles. The number of nitrogens with zero attached hydrogens (tertiary/aromatic N) is 1. The highest BCUT2D eigenvalue weighted by Crippen LogP contribution is 2.51. The van der Waals surface area contributed by atoms with Crippen LogP contribution >= 0.6 is 11.6 Å². The molecule has 138 valence electrons. The third-order valence-electron chi connectivity index (χ3n) is 5.79. The molecular formula is C19H25ClF2N2O. The second kappa shape index (κ2) is 7.10. The van der Waals surface area contributed by atoms with Crippen molar-refractivity contribution in [2.75, 3.05) is 12.4 Å². The van der Waals surface area contributed by atoms with E-state index in [9.17, 15) is 13.6 Å². The first-order valence-electron chi connectivity index (χ1n) is 8.93. The zero-order valence-corrected chi connectivity index (χ0v) is 15.4. The predicted octanol–water partition coefficient (Wildman–Crippen LogP) is 4.91. The van der Waals surface area contributed by atoms with Crippen LogP contribution < -0.4 is 5.32 Å². The summed E-state index contributed by atoms with van der Waals surface area (Å²) in [5.41, 5.74) is 1.37. The van der Waals surface area contributed by atoms with Gasteiger partial charge < -0.3 is 10.2 Å². The molecule has 2 heterocycles. The van der Waals surface area contributed by atoms with Gasteiger partial charge in [-0.05, 0) is 55.4 Å². The van der Waals surface area contributed by atoms with E-state index in [-0.39, 0.29) is 6.42 Å². The number of hydrogen-bond acceptors (Lipinski definition) is 2. The molecule has 1 aromatic rings. The summed E-state index contributed by atoms with van der Waals surface area (Å²) in [6.45, 7) is 2.28. The van der Waals surface area contributed by atoms with E-state index in [1.807, 2.05) is 4.90 Å². The van der Waals surface area contributed by atoms with Gasteiger partial charge in [0.15, 0.2) is 0 Å². The molecule has 3 nitrogen and oxygen atoms in total. The van der Waals surface area contributed by atoms with Crippen LogP contribution in [0.25, 0.3) is 0 Å². The van der Waals surface area contributed by atoms with Gasteiger partial charge in [0.1, 0.15) is 0 Å². The fourth-order valence-corrected chi connectivity index (χ4v) is 4.46. The van der Waals surface area contributed by atoms with E-state index in [4.69, 9.17) is 11.6 Å². The Hall–Kier alpha value is -1.36. The number of alkyl halides is 2. The predicted molar refractivity (Wildman–Crippen MR) is 96.4 cm³/mol. The fourth-order valence-electron chi connectivity index (χ4n) is 4.21. The number of nitrogens with one attached hydrogen (secondary N) is 1. The Kier molecular flexibility index (Phi) is 5.24. The average molecular weight is 371 g/mol. The molecule has 2 saturated carbocycles. The Bertz CT molecular complexity index is 628. The highest BCUT2D eigenvalue weighted by atomic mass is 35.5. The number of halogens is 3. The summed E-state index contributed by atoms with van der Waals surface area (Å²) >= 11 is 5.93. The van der Waals surface area contributed by atoms with Crippen LogP contribution in [0.15, 0.2) is 18.2 Å². The van der Waals surface area contributed by atoms with Gasteiger partial charge in [-0.2, -0.15) is 0 Å². The van der Waals surface area contributed by atoms with Gasteiger partial charge in [0.2, 0.25) is 6.41 Å². The molecule has 2 aliphatic heterocycles. The molecule has 25 heavy (non-hydrogen) atoms. The molecule has 3 atom stereocenters. The molecule has 1 amide bonds. The maximum Gasteiger partial charge on any atom is 0.254 e.